The molecule has 64 valence electrons. The van der Waals surface area contributed by atoms with Gasteiger partial charge in [0.15, 0.2) is 0 Å². The molecular formula is C7H10Br2O2. The molecule has 1 aliphatic rings. The van der Waals surface area contributed by atoms with Gasteiger partial charge >= 0.3 is 5.97 Å². The van der Waals surface area contributed by atoms with Gasteiger partial charge in [-0.3, -0.25) is 4.79 Å². The Morgan fingerprint density at radius 1 is 1.73 bits per heavy atom. The molecule has 1 aliphatic heterocycles. The highest BCUT2D eigenvalue weighted by atomic mass is 79.9. The molecule has 0 amide bonds. The minimum atomic E-state index is -0.552. The molecule has 0 aromatic heterocycles. The fourth-order valence-electron chi connectivity index (χ4n) is 0.967. The highest BCUT2D eigenvalue weighted by Crippen LogP contribution is 2.34. The number of cyclic esters (lactones) is 1. The first kappa shape index (κ1) is 9.52. The van der Waals surface area contributed by atoms with Crippen molar-refractivity contribution < 1.29 is 9.53 Å². The van der Waals surface area contributed by atoms with Gasteiger partial charge in [0.2, 0.25) is 0 Å². The van der Waals surface area contributed by atoms with Crippen LogP contribution in [0.4, 0.5) is 0 Å². The van der Waals surface area contributed by atoms with Crippen molar-refractivity contribution >= 4 is 37.8 Å². The number of carbonyl (C=O) groups excluding carboxylic acids is 1. The molecule has 2 nitrogen and oxygen atoms in total. The predicted molar refractivity (Wildman–Crippen MR) is 50.2 cm³/mol. The molecule has 0 aromatic carbocycles. The van der Waals surface area contributed by atoms with E-state index in [1.54, 1.807) is 0 Å². The largest absolute Gasteiger partial charge is 0.465 e. The topological polar surface area (TPSA) is 26.3 Å². The lowest BCUT2D eigenvalue weighted by Crippen LogP contribution is -2.37. The smallest absolute Gasteiger partial charge is 0.323 e. The van der Waals surface area contributed by atoms with Crippen molar-refractivity contribution in [2.45, 2.75) is 28.9 Å². The molecule has 4 heteroatoms. The van der Waals surface area contributed by atoms with Crippen molar-refractivity contribution in [3.63, 3.8) is 0 Å². The lowest BCUT2D eigenvalue weighted by molar-refractivity contribution is -0.144. The summed E-state index contributed by atoms with van der Waals surface area (Å²) < 4.78 is 4.42. The Kier molecular flexibility index (Phi) is 2.97. The van der Waals surface area contributed by atoms with Gasteiger partial charge in [-0.1, -0.05) is 31.9 Å². The first-order valence-corrected chi connectivity index (χ1v) is 5.26. The number of carbonyl (C=O) groups is 1. The number of alkyl halides is 2. The van der Waals surface area contributed by atoms with E-state index in [2.05, 4.69) is 31.9 Å². The summed E-state index contributed by atoms with van der Waals surface area (Å²) in [5.74, 6) is -0.170. The third-order valence-corrected chi connectivity index (χ3v) is 4.69. The second kappa shape index (κ2) is 3.44. The summed E-state index contributed by atoms with van der Waals surface area (Å²) in [6.45, 7) is 2.38. The molecule has 0 bridgehead atoms. The van der Waals surface area contributed by atoms with Crippen LogP contribution in [0.15, 0.2) is 0 Å². The lowest BCUT2D eigenvalue weighted by atomic mass is 10.1. The predicted octanol–water partition coefficient (Wildman–Crippen LogP) is 2.24. The van der Waals surface area contributed by atoms with E-state index in [0.717, 1.165) is 12.8 Å². The average Bonchev–Trinajstić information content (AvgIpc) is 2.03. The molecule has 1 saturated heterocycles. The summed E-state index contributed by atoms with van der Waals surface area (Å²) in [6, 6.07) is 0. The minimum Gasteiger partial charge on any atom is -0.465 e. The number of ether oxygens (including phenoxy) is 1. The molecule has 0 N–H and O–H groups in total. The maximum absolute atomic E-state index is 11.2. The van der Waals surface area contributed by atoms with Gasteiger partial charge in [-0.05, 0) is 19.8 Å². The number of rotatable bonds is 0. The highest BCUT2D eigenvalue weighted by molar-refractivity contribution is 9.12. The normalized spacial score (nSPS) is 39.5. The maximum atomic E-state index is 11.2. The zero-order valence-electron chi connectivity index (χ0n) is 6.27. The van der Waals surface area contributed by atoms with Crippen LogP contribution in [-0.4, -0.2) is 21.7 Å². The molecule has 1 fully saturated rings. The van der Waals surface area contributed by atoms with Crippen molar-refractivity contribution in [1.82, 2.24) is 0 Å². The molecule has 0 saturated carbocycles. The zero-order chi connectivity index (χ0) is 8.48. The van der Waals surface area contributed by atoms with Gasteiger partial charge in [-0.2, -0.15) is 0 Å². The van der Waals surface area contributed by atoms with Crippen LogP contribution < -0.4 is 0 Å². The van der Waals surface area contributed by atoms with E-state index in [9.17, 15) is 4.79 Å². The molecule has 11 heavy (non-hydrogen) atoms. The van der Waals surface area contributed by atoms with Crippen LogP contribution in [0, 0.1) is 0 Å². The Labute approximate surface area is 82.9 Å². The third kappa shape index (κ3) is 1.96. The van der Waals surface area contributed by atoms with Crippen molar-refractivity contribution in [3.05, 3.63) is 0 Å². The van der Waals surface area contributed by atoms with E-state index in [4.69, 9.17) is 4.74 Å². The van der Waals surface area contributed by atoms with Crippen molar-refractivity contribution in [3.8, 4) is 0 Å². The van der Waals surface area contributed by atoms with E-state index in [-0.39, 0.29) is 10.8 Å². The van der Waals surface area contributed by atoms with Crippen molar-refractivity contribution in [2.24, 2.45) is 0 Å². The molecule has 0 spiro atoms. The first-order valence-electron chi connectivity index (χ1n) is 3.55. The van der Waals surface area contributed by atoms with Gasteiger partial charge in [0.25, 0.3) is 0 Å². The Morgan fingerprint density at radius 3 is 3.00 bits per heavy atom. The fourth-order valence-corrected chi connectivity index (χ4v) is 1.82. The number of esters is 1. The Bertz CT molecular complexity index is 168. The van der Waals surface area contributed by atoms with Crippen LogP contribution in [0.5, 0.6) is 0 Å². The molecule has 1 rings (SSSR count). The second-order valence-corrected chi connectivity index (χ2v) is 5.57. The van der Waals surface area contributed by atoms with Gasteiger partial charge in [0, 0.05) is 4.83 Å². The zero-order valence-corrected chi connectivity index (χ0v) is 9.44. The minimum absolute atomic E-state index is 0.170. The summed E-state index contributed by atoms with van der Waals surface area (Å²) in [6.07, 6.45) is 1.90. The van der Waals surface area contributed by atoms with Gasteiger partial charge in [-0.15, -0.1) is 0 Å². The molecule has 0 unspecified atom stereocenters. The average molecular weight is 286 g/mol. The summed E-state index contributed by atoms with van der Waals surface area (Å²) in [4.78, 5) is 11.4. The summed E-state index contributed by atoms with van der Waals surface area (Å²) in [5, 5.41) is 0. The van der Waals surface area contributed by atoms with E-state index in [1.165, 1.54) is 0 Å². The summed E-state index contributed by atoms with van der Waals surface area (Å²) in [7, 11) is 0. The quantitative estimate of drug-likeness (QED) is 0.504. The van der Waals surface area contributed by atoms with Crippen molar-refractivity contribution in [2.75, 3.05) is 6.61 Å². The van der Waals surface area contributed by atoms with Crippen LogP contribution in [0.1, 0.15) is 19.8 Å². The number of hydrogen-bond acceptors (Lipinski definition) is 2. The van der Waals surface area contributed by atoms with Crippen LogP contribution in [0.3, 0.4) is 0 Å². The first-order chi connectivity index (χ1) is 5.05. The summed E-state index contributed by atoms with van der Waals surface area (Å²) >= 11 is 6.80. The number of halogens is 2. The van der Waals surface area contributed by atoms with E-state index in [0.29, 0.717) is 6.61 Å². The molecule has 0 aliphatic carbocycles. The highest BCUT2D eigenvalue weighted by Gasteiger charge is 2.40. The van der Waals surface area contributed by atoms with Gasteiger partial charge in [0.1, 0.15) is 4.32 Å². The van der Waals surface area contributed by atoms with Crippen LogP contribution in [0.2, 0.25) is 0 Å². The Balaban J connectivity index is 2.76. The van der Waals surface area contributed by atoms with Gasteiger partial charge in [0.05, 0.1) is 6.61 Å². The summed E-state index contributed by atoms with van der Waals surface area (Å²) in [5.41, 5.74) is 0. The molecule has 0 radical (unpaired) electrons. The molecule has 0 aromatic rings. The molecular weight excluding hydrogens is 276 g/mol. The Morgan fingerprint density at radius 2 is 2.36 bits per heavy atom. The SMILES string of the molecule is C[C@]1(Br)C(=O)OCCC[C@@H]1Br. The van der Waals surface area contributed by atoms with Crippen LogP contribution in [-0.2, 0) is 9.53 Å². The fraction of sp³-hybridized carbons (Fsp3) is 0.857. The van der Waals surface area contributed by atoms with Gasteiger partial charge < -0.3 is 4.74 Å². The van der Waals surface area contributed by atoms with E-state index in [1.807, 2.05) is 6.92 Å². The molecule has 1 heterocycles. The van der Waals surface area contributed by atoms with E-state index >= 15 is 0 Å². The van der Waals surface area contributed by atoms with E-state index < -0.39 is 4.32 Å². The Hall–Kier alpha value is 0.430. The van der Waals surface area contributed by atoms with Crippen LogP contribution >= 0.6 is 31.9 Å². The maximum Gasteiger partial charge on any atom is 0.323 e. The molecule has 2 atom stereocenters. The lowest BCUT2D eigenvalue weighted by Gasteiger charge is -2.22. The third-order valence-electron chi connectivity index (χ3n) is 1.82. The second-order valence-electron chi connectivity index (χ2n) is 2.82. The standard InChI is InChI=1S/C7H10Br2O2/c1-7(9)5(8)3-2-4-11-6(7)10/h5H,2-4H2,1H3/t5-,7+/m0/s1. The van der Waals surface area contributed by atoms with Crippen molar-refractivity contribution in [1.29, 1.82) is 0 Å². The van der Waals surface area contributed by atoms with Gasteiger partial charge in [-0.25, -0.2) is 0 Å². The van der Waals surface area contributed by atoms with Crippen LogP contribution in [0.25, 0.3) is 0 Å². The number of hydrogen-bond donors (Lipinski definition) is 0. The monoisotopic (exact) mass is 284 g/mol.